The number of primary amides is 1. The first-order valence-electron chi connectivity index (χ1n) is 10.1. The molecule has 2 N–H and O–H groups in total. The highest BCUT2D eigenvalue weighted by Gasteiger charge is 2.24. The number of amides is 1. The van der Waals surface area contributed by atoms with E-state index in [9.17, 15) is 9.59 Å². The average Bonchev–Trinajstić information content (AvgIpc) is 3.23. The zero-order chi connectivity index (χ0) is 21.5. The number of rotatable bonds is 4. The summed E-state index contributed by atoms with van der Waals surface area (Å²) in [6.45, 7) is 0.768. The van der Waals surface area contributed by atoms with Crippen LogP contribution in [0.5, 0.6) is 0 Å². The standard InChI is InChI=1S/C24H21N5O2/c1-28-14-18(13-26-28)15-8-9-21-17(11-15)6-4-10-29(21)24-19-7-3-2-5-16(19)12-20(27-24)22(30)23(25)31/h2-3,5,7-9,11-14H,4,6,10H2,1H3,(H2,25,31). The molecule has 7 heteroatoms. The molecule has 154 valence electrons. The van der Waals surface area contributed by atoms with E-state index in [1.165, 1.54) is 5.56 Å². The van der Waals surface area contributed by atoms with Gasteiger partial charge in [0.05, 0.1) is 6.20 Å². The first-order chi connectivity index (χ1) is 15.0. The van der Waals surface area contributed by atoms with Crippen LogP contribution in [0, 0.1) is 0 Å². The fourth-order valence-corrected chi connectivity index (χ4v) is 4.20. The number of nitrogens with zero attached hydrogens (tertiary/aromatic N) is 4. The van der Waals surface area contributed by atoms with E-state index in [1.54, 1.807) is 10.7 Å². The van der Waals surface area contributed by atoms with E-state index in [0.29, 0.717) is 5.82 Å². The van der Waals surface area contributed by atoms with E-state index in [2.05, 4.69) is 33.2 Å². The highest BCUT2D eigenvalue weighted by molar-refractivity contribution is 6.42. The van der Waals surface area contributed by atoms with Crippen LogP contribution in [0.4, 0.5) is 11.5 Å². The van der Waals surface area contributed by atoms with Crippen molar-refractivity contribution in [3.8, 4) is 11.1 Å². The van der Waals surface area contributed by atoms with Crippen molar-refractivity contribution in [3.05, 3.63) is 72.2 Å². The number of aryl methyl sites for hydroxylation is 2. The smallest absolute Gasteiger partial charge is 0.291 e. The lowest BCUT2D eigenvalue weighted by atomic mass is 9.96. The molecule has 5 rings (SSSR count). The van der Waals surface area contributed by atoms with Gasteiger partial charge in [-0.05, 0) is 47.6 Å². The molecule has 1 aliphatic heterocycles. The molecule has 3 heterocycles. The van der Waals surface area contributed by atoms with Crippen LogP contribution in [-0.4, -0.2) is 33.0 Å². The number of ketones is 1. The summed E-state index contributed by atoms with van der Waals surface area (Å²) in [5.41, 5.74) is 9.76. The lowest BCUT2D eigenvalue weighted by Gasteiger charge is -2.32. The molecule has 31 heavy (non-hydrogen) atoms. The normalized spacial score (nSPS) is 13.3. The zero-order valence-electron chi connectivity index (χ0n) is 17.1. The fraction of sp³-hybridized carbons (Fsp3) is 0.167. The molecule has 0 atom stereocenters. The Hall–Kier alpha value is -4.00. The quantitative estimate of drug-likeness (QED) is 0.410. The van der Waals surface area contributed by atoms with E-state index < -0.39 is 11.7 Å². The van der Waals surface area contributed by atoms with Gasteiger partial charge in [0.15, 0.2) is 0 Å². The Kier molecular flexibility index (Phi) is 4.51. The van der Waals surface area contributed by atoms with E-state index in [-0.39, 0.29) is 5.69 Å². The van der Waals surface area contributed by atoms with Crippen molar-refractivity contribution in [1.82, 2.24) is 14.8 Å². The van der Waals surface area contributed by atoms with Crippen LogP contribution in [0.25, 0.3) is 21.9 Å². The summed E-state index contributed by atoms with van der Waals surface area (Å²) in [7, 11) is 1.90. The Morgan fingerprint density at radius 1 is 1.06 bits per heavy atom. The number of hydrogen-bond donors (Lipinski definition) is 1. The summed E-state index contributed by atoms with van der Waals surface area (Å²) >= 11 is 0. The van der Waals surface area contributed by atoms with Gasteiger partial charge in [0.1, 0.15) is 11.5 Å². The van der Waals surface area contributed by atoms with Gasteiger partial charge in [0, 0.05) is 36.4 Å². The van der Waals surface area contributed by atoms with Gasteiger partial charge in [-0.1, -0.05) is 30.3 Å². The van der Waals surface area contributed by atoms with Crippen molar-refractivity contribution in [3.63, 3.8) is 0 Å². The van der Waals surface area contributed by atoms with Gasteiger partial charge >= 0.3 is 0 Å². The van der Waals surface area contributed by atoms with Gasteiger partial charge in [-0.2, -0.15) is 5.10 Å². The van der Waals surface area contributed by atoms with Crippen LogP contribution in [0.3, 0.4) is 0 Å². The Morgan fingerprint density at radius 2 is 1.90 bits per heavy atom. The van der Waals surface area contributed by atoms with Gasteiger partial charge in [0.25, 0.3) is 11.7 Å². The molecule has 0 saturated carbocycles. The number of carbonyl (C=O) groups is 2. The molecule has 0 bridgehead atoms. The maximum Gasteiger partial charge on any atom is 0.291 e. The topological polar surface area (TPSA) is 94.1 Å². The van der Waals surface area contributed by atoms with E-state index in [1.807, 2.05) is 43.7 Å². The predicted octanol–water partition coefficient (Wildman–Crippen LogP) is 3.39. The van der Waals surface area contributed by atoms with Gasteiger partial charge < -0.3 is 10.6 Å². The number of pyridine rings is 1. The Bertz CT molecular complexity index is 1340. The average molecular weight is 411 g/mol. The van der Waals surface area contributed by atoms with Gasteiger partial charge in [-0.3, -0.25) is 14.3 Å². The second-order valence-corrected chi connectivity index (χ2v) is 7.75. The lowest BCUT2D eigenvalue weighted by molar-refractivity contribution is -0.114. The molecular formula is C24H21N5O2. The van der Waals surface area contributed by atoms with E-state index >= 15 is 0 Å². The SMILES string of the molecule is Cn1cc(-c2ccc3c(c2)CCCN3c2nc(C(=O)C(N)=O)cc3ccccc23)cn1. The van der Waals surface area contributed by atoms with E-state index in [0.717, 1.165) is 47.0 Å². The summed E-state index contributed by atoms with van der Waals surface area (Å²) in [4.78, 5) is 30.5. The Labute approximate surface area is 179 Å². The molecule has 4 aromatic rings. The highest BCUT2D eigenvalue weighted by atomic mass is 16.2. The number of hydrogen-bond acceptors (Lipinski definition) is 5. The third-order valence-corrected chi connectivity index (χ3v) is 5.67. The molecule has 0 radical (unpaired) electrons. The first kappa shape index (κ1) is 19.0. The van der Waals surface area contributed by atoms with Crippen molar-refractivity contribution >= 4 is 34.0 Å². The number of aromatic nitrogens is 3. The molecule has 2 aromatic carbocycles. The number of carbonyl (C=O) groups excluding carboxylic acids is 2. The third-order valence-electron chi connectivity index (χ3n) is 5.67. The van der Waals surface area contributed by atoms with Crippen molar-refractivity contribution in [2.24, 2.45) is 12.8 Å². The minimum Gasteiger partial charge on any atom is -0.363 e. The van der Waals surface area contributed by atoms with Crippen molar-refractivity contribution < 1.29 is 9.59 Å². The number of Topliss-reactive ketones (excluding diaryl/α,β-unsaturated/α-hetero) is 1. The van der Waals surface area contributed by atoms with Crippen molar-refractivity contribution in [2.45, 2.75) is 12.8 Å². The summed E-state index contributed by atoms with van der Waals surface area (Å²) in [6.07, 6.45) is 5.76. The predicted molar refractivity (Wildman–Crippen MR) is 119 cm³/mol. The molecule has 1 amide bonds. The van der Waals surface area contributed by atoms with Crippen LogP contribution in [0.15, 0.2) is 60.9 Å². The molecular weight excluding hydrogens is 390 g/mol. The summed E-state index contributed by atoms with van der Waals surface area (Å²) in [5, 5.41) is 6.04. The van der Waals surface area contributed by atoms with Gasteiger partial charge in [-0.25, -0.2) is 4.98 Å². The second kappa shape index (κ2) is 7.36. The van der Waals surface area contributed by atoms with Crippen LogP contribution in [0.2, 0.25) is 0 Å². The summed E-state index contributed by atoms with van der Waals surface area (Å²) in [5.74, 6) is -1.12. The summed E-state index contributed by atoms with van der Waals surface area (Å²) < 4.78 is 1.79. The molecule has 7 nitrogen and oxygen atoms in total. The molecule has 1 aliphatic rings. The largest absolute Gasteiger partial charge is 0.363 e. The molecule has 2 aromatic heterocycles. The third kappa shape index (κ3) is 3.34. The van der Waals surface area contributed by atoms with Crippen LogP contribution < -0.4 is 10.6 Å². The Morgan fingerprint density at radius 3 is 2.68 bits per heavy atom. The minimum absolute atomic E-state index is 0.0697. The van der Waals surface area contributed by atoms with Crippen LogP contribution in [-0.2, 0) is 18.3 Å². The first-order valence-corrected chi connectivity index (χ1v) is 10.1. The zero-order valence-corrected chi connectivity index (χ0v) is 17.1. The lowest BCUT2D eigenvalue weighted by Crippen LogP contribution is -2.28. The summed E-state index contributed by atoms with van der Waals surface area (Å²) in [6, 6.07) is 15.7. The van der Waals surface area contributed by atoms with Crippen LogP contribution in [0.1, 0.15) is 22.5 Å². The second-order valence-electron chi connectivity index (χ2n) is 7.75. The number of fused-ring (bicyclic) bond motifs is 2. The maximum atomic E-state index is 12.3. The minimum atomic E-state index is -1.01. The Balaban J connectivity index is 1.65. The fourth-order valence-electron chi connectivity index (χ4n) is 4.20. The van der Waals surface area contributed by atoms with Crippen molar-refractivity contribution in [2.75, 3.05) is 11.4 Å². The molecule has 0 fully saturated rings. The number of nitrogens with two attached hydrogens (primary N) is 1. The number of benzene rings is 2. The molecule has 0 unspecified atom stereocenters. The monoisotopic (exact) mass is 411 g/mol. The molecule has 0 aliphatic carbocycles. The maximum absolute atomic E-state index is 12.3. The molecule has 0 saturated heterocycles. The van der Waals surface area contributed by atoms with Crippen molar-refractivity contribution in [1.29, 1.82) is 0 Å². The molecule has 0 spiro atoms. The van der Waals surface area contributed by atoms with Gasteiger partial charge in [0.2, 0.25) is 0 Å². The van der Waals surface area contributed by atoms with Crippen LogP contribution >= 0.6 is 0 Å². The highest BCUT2D eigenvalue weighted by Crippen LogP contribution is 2.38. The van der Waals surface area contributed by atoms with Gasteiger partial charge in [-0.15, -0.1) is 0 Å². The van der Waals surface area contributed by atoms with E-state index in [4.69, 9.17) is 5.73 Å². The number of anilines is 2.